The van der Waals surface area contributed by atoms with Gasteiger partial charge in [0.1, 0.15) is 11.2 Å². The number of fused-ring (bicyclic) bond motifs is 1. The number of benzene rings is 2. The molecule has 0 fully saturated rings. The second-order valence-corrected chi connectivity index (χ2v) is 16.7. The predicted octanol–water partition coefficient (Wildman–Crippen LogP) is 7.68. The van der Waals surface area contributed by atoms with Crippen molar-refractivity contribution in [3.8, 4) is 11.5 Å². The van der Waals surface area contributed by atoms with Gasteiger partial charge in [-0.05, 0) is 67.7 Å². The Bertz CT molecular complexity index is 1460. The van der Waals surface area contributed by atoms with Gasteiger partial charge in [0.2, 0.25) is 5.89 Å². The highest BCUT2D eigenvalue weighted by atomic mass is 35.5. The molecule has 0 unspecified atom stereocenters. The number of amides is 1. The van der Waals surface area contributed by atoms with Crippen LogP contribution in [0.3, 0.4) is 0 Å². The van der Waals surface area contributed by atoms with Gasteiger partial charge in [0.15, 0.2) is 13.9 Å². The summed E-state index contributed by atoms with van der Waals surface area (Å²) in [4.78, 5) is 20.8. The Morgan fingerprint density at radius 3 is 2.55 bits per heavy atom. The molecule has 2 N–H and O–H groups in total. The topological polar surface area (TPSA) is 96.2 Å². The lowest BCUT2D eigenvalue weighted by Crippen LogP contribution is -2.45. The number of imidazole rings is 1. The summed E-state index contributed by atoms with van der Waals surface area (Å²) in [6, 6.07) is 11.2. The molecule has 0 aliphatic carbocycles. The van der Waals surface area contributed by atoms with Crippen molar-refractivity contribution in [2.45, 2.75) is 70.8 Å². The van der Waals surface area contributed by atoms with Crippen LogP contribution in [-0.2, 0) is 10.8 Å². The summed E-state index contributed by atoms with van der Waals surface area (Å²) in [5.41, 5.74) is 9.03. The van der Waals surface area contributed by atoms with Gasteiger partial charge < -0.3 is 19.1 Å². The van der Waals surface area contributed by atoms with E-state index in [9.17, 15) is 4.79 Å². The lowest BCUT2D eigenvalue weighted by atomic mass is 10.0. The molecule has 0 spiro atoms. The van der Waals surface area contributed by atoms with Crippen LogP contribution in [0.15, 0.2) is 53.3 Å². The molecule has 0 radical (unpaired) electrons. The van der Waals surface area contributed by atoms with Gasteiger partial charge in [-0.1, -0.05) is 56.1 Å². The Morgan fingerprint density at radius 2 is 1.92 bits per heavy atom. The first-order chi connectivity index (χ1) is 17.8. The van der Waals surface area contributed by atoms with Crippen molar-refractivity contribution in [3.63, 3.8) is 0 Å². The SMILES string of the molecule is C[C@H](O[Si](C)(C)C(C)(C)C)[C@@H](CCc1cccc2oc(-c3ccc(Cl)c(Cl)c3)nc12)n1cnc(C(N)=O)c1. The van der Waals surface area contributed by atoms with Crippen LogP contribution in [0.2, 0.25) is 28.2 Å². The number of aromatic nitrogens is 3. The van der Waals surface area contributed by atoms with Crippen molar-refractivity contribution in [2.75, 3.05) is 0 Å². The summed E-state index contributed by atoms with van der Waals surface area (Å²) in [5.74, 6) is -0.0689. The Kier molecular flexibility index (Phi) is 8.09. The molecule has 38 heavy (non-hydrogen) atoms. The molecule has 202 valence electrons. The largest absolute Gasteiger partial charge is 0.436 e. The molecule has 7 nitrogen and oxygen atoms in total. The van der Waals surface area contributed by atoms with Crippen LogP contribution in [0.1, 0.15) is 56.2 Å². The molecule has 2 atom stereocenters. The minimum atomic E-state index is -2.05. The third-order valence-corrected chi connectivity index (χ3v) is 12.8. The molecule has 4 rings (SSSR count). The molecule has 0 saturated carbocycles. The van der Waals surface area contributed by atoms with E-state index >= 15 is 0 Å². The smallest absolute Gasteiger partial charge is 0.268 e. The van der Waals surface area contributed by atoms with Crippen molar-refractivity contribution >= 4 is 48.5 Å². The quantitative estimate of drug-likeness (QED) is 0.207. The molecule has 4 aromatic rings. The number of rotatable bonds is 9. The van der Waals surface area contributed by atoms with Crippen LogP contribution < -0.4 is 5.73 Å². The first-order valence-corrected chi connectivity index (χ1v) is 16.3. The van der Waals surface area contributed by atoms with Crippen LogP contribution in [-0.4, -0.2) is 34.9 Å². The van der Waals surface area contributed by atoms with Crippen molar-refractivity contribution in [1.29, 1.82) is 0 Å². The molecule has 2 aromatic heterocycles. The zero-order valence-electron chi connectivity index (χ0n) is 22.6. The van der Waals surface area contributed by atoms with E-state index in [2.05, 4.69) is 51.8 Å². The van der Waals surface area contributed by atoms with E-state index in [0.29, 0.717) is 27.9 Å². The highest BCUT2D eigenvalue weighted by molar-refractivity contribution is 6.74. The van der Waals surface area contributed by atoms with Gasteiger partial charge in [-0.2, -0.15) is 0 Å². The zero-order chi connectivity index (χ0) is 27.8. The number of carbonyl (C=O) groups excluding carboxylic acids is 1. The molecule has 0 saturated heterocycles. The summed E-state index contributed by atoms with van der Waals surface area (Å²) in [5, 5.41) is 0.985. The van der Waals surface area contributed by atoms with Gasteiger partial charge in [-0.25, -0.2) is 9.97 Å². The van der Waals surface area contributed by atoms with Crippen molar-refractivity contribution in [2.24, 2.45) is 5.73 Å². The Morgan fingerprint density at radius 1 is 1.18 bits per heavy atom. The van der Waals surface area contributed by atoms with Crippen molar-refractivity contribution in [1.82, 2.24) is 14.5 Å². The zero-order valence-corrected chi connectivity index (χ0v) is 25.1. The lowest BCUT2D eigenvalue weighted by Gasteiger charge is -2.40. The molecule has 0 aliphatic heterocycles. The van der Waals surface area contributed by atoms with Gasteiger partial charge in [-0.15, -0.1) is 0 Å². The van der Waals surface area contributed by atoms with E-state index < -0.39 is 14.2 Å². The normalized spacial score (nSPS) is 14.1. The highest BCUT2D eigenvalue weighted by Crippen LogP contribution is 2.39. The molecular formula is C28H34Cl2N4O3Si. The summed E-state index contributed by atoms with van der Waals surface area (Å²) >= 11 is 12.3. The molecule has 0 aliphatic rings. The third kappa shape index (κ3) is 5.99. The Hall–Kier alpha value is -2.65. The fraction of sp³-hybridized carbons (Fsp3) is 0.393. The lowest BCUT2D eigenvalue weighted by molar-refractivity contribution is 0.0995. The fourth-order valence-corrected chi connectivity index (χ4v) is 5.99. The number of hydrogen-bond donors (Lipinski definition) is 1. The number of nitrogens with two attached hydrogens (primary N) is 1. The standard InChI is InChI=1S/C28H34Cl2N4O3Si/c1-17(37-38(5,6)28(2,3)4)23(34-15-22(26(31)35)32-16-34)13-11-18-8-7-9-24-25(18)33-27(36-24)19-10-12-20(29)21(30)14-19/h7-10,12,14-17,23H,11,13H2,1-6H3,(H2,31,35)/t17-,23+/m0/s1. The van der Waals surface area contributed by atoms with E-state index in [-0.39, 0.29) is 22.9 Å². The third-order valence-electron chi connectivity index (χ3n) is 7.44. The molecule has 2 aromatic carbocycles. The summed E-state index contributed by atoms with van der Waals surface area (Å²) in [7, 11) is -2.05. The van der Waals surface area contributed by atoms with Crippen molar-refractivity contribution in [3.05, 3.63) is 70.2 Å². The first-order valence-electron chi connectivity index (χ1n) is 12.6. The van der Waals surface area contributed by atoms with Crippen LogP contribution in [0.5, 0.6) is 0 Å². The van der Waals surface area contributed by atoms with Crippen LogP contribution in [0.25, 0.3) is 22.6 Å². The van der Waals surface area contributed by atoms with Crippen molar-refractivity contribution < 1.29 is 13.6 Å². The first kappa shape index (κ1) is 28.4. The van der Waals surface area contributed by atoms with E-state index in [1.165, 1.54) is 0 Å². The fourth-order valence-electron chi connectivity index (χ4n) is 4.25. The van der Waals surface area contributed by atoms with Gasteiger partial charge in [0, 0.05) is 11.8 Å². The maximum absolute atomic E-state index is 11.7. The highest BCUT2D eigenvalue weighted by Gasteiger charge is 2.40. The predicted molar refractivity (Wildman–Crippen MR) is 155 cm³/mol. The number of oxazole rings is 1. The maximum Gasteiger partial charge on any atom is 0.268 e. The van der Waals surface area contributed by atoms with E-state index in [1.54, 1.807) is 24.7 Å². The van der Waals surface area contributed by atoms with Crippen LogP contribution >= 0.6 is 23.2 Å². The van der Waals surface area contributed by atoms with Gasteiger partial charge in [0.25, 0.3) is 5.91 Å². The minimum Gasteiger partial charge on any atom is -0.436 e. The Labute approximate surface area is 234 Å². The van der Waals surface area contributed by atoms with Crippen LogP contribution in [0, 0.1) is 0 Å². The summed E-state index contributed by atoms with van der Waals surface area (Å²) < 4.78 is 14.8. The number of primary amides is 1. The van der Waals surface area contributed by atoms with E-state index in [4.69, 9.17) is 42.8 Å². The number of hydrogen-bond acceptors (Lipinski definition) is 5. The number of nitrogens with zero attached hydrogens (tertiary/aromatic N) is 3. The van der Waals surface area contributed by atoms with Gasteiger partial charge >= 0.3 is 0 Å². The summed E-state index contributed by atoms with van der Waals surface area (Å²) in [6.45, 7) is 13.2. The average molecular weight is 574 g/mol. The average Bonchev–Trinajstić information content (AvgIpc) is 3.48. The number of halogens is 2. The van der Waals surface area contributed by atoms with E-state index in [0.717, 1.165) is 23.1 Å². The maximum atomic E-state index is 11.7. The number of carbonyl (C=O) groups is 1. The van der Waals surface area contributed by atoms with Crippen LogP contribution in [0.4, 0.5) is 0 Å². The molecule has 2 heterocycles. The molecular weight excluding hydrogens is 539 g/mol. The molecule has 1 amide bonds. The number of para-hydroxylation sites is 1. The second kappa shape index (κ2) is 10.8. The number of aryl methyl sites for hydroxylation is 1. The van der Waals surface area contributed by atoms with Gasteiger partial charge in [-0.3, -0.25) is 4.79 Å². The van der Waals surface area contributed by atoms with Gasteiger partial charge in [0.05, 0.1) is 28.5 Å². The minimum absolute atomic E-state index is 0.0619. The molecule has 10 heteroatoms. The molecule has 0 bridgehead atoms. The van der Waals surface area contributed by atoms with E-state index in [1.807, 2.05) is 22.8 Å². The second-order valence-electron chi connectivity index (χ2n) is 11.2. The Balaban J connectivity index is 1.63. The summed E-state index contributed by atoms with van der Waals surface area (Å²) in [6.07, 6.45) is 4.70. The monoisotopic (exact) mass is 572 g/mol.